The molecule has 0 bridgehead atoms. The largest absolute Gasteiger partial charge is 0.388 e. The van der Waals surface area contributed by atoms with Crippen LogP contribution in [-0.2, 0) is 0 Å². The quantitative estimate of drug-likeness (QED) is 0.812. The molecule has 0 aliphatic heterocycles. The van der Waals surface area contributed by atoms with Gasteiger partial charge in [0.15, 0.2) is 0 Å². The molecule has 0 fully saturated rings. The summed E-state index contributed by atoms with van der Waals surface area (Å²) in [6, 6.07) is 0.324. The van der Waals surface area contributed by atoms with E-state index in [1.54, 1.807) is 13.1 Å². The first-order valence-electron chi connectivity index (χ1n) is 7.79. The van der Waals surface area contributed by atoms with E-state index < -0.39 is 5.60 Å². The molecule has 0 aliphatic carbocycles. The number of aliphatic hydroxyl groups is 1. The van der Waals surface area contributed by atoms with Crippen LogP contribution in [-0.4, -0.2) is 32.9 Å². The number of aromatic nitrogens is 2. The Morgan fingerprint density at radius 3 is 2.48 bits per heavy atom. The van der Waals surface area contributed by atoms with Gasteiger partial charge in [-0.05, 0) is 32.6 Å². The third-order valence-corrected chi connectivity index (χ3v) is 4.43. The average Bonchev–Trinajstić information content (AvgIpc) is 2.80. The highest BCUT2D eigenvalue weighted by Crippen LogP contribution is 2.20. The van der Waals surface area contributed by atoms with Crippen molar-refractivity contribution in [3.63, 3.8) is 0 Å². The van der Waals surface area contributed by atoms with Crippen LogP contribution in [0.2, 0.25) is 0 Å². The molecule has 0 radical (unpaired) electrons. The van der Waals surface area contributed by atoms with Gasteiger partial charge in [-0.15, -0.1) is 0 Å². The van der Waals surface area contributed by atoms with Gasteiger partial charge in [0.2, 0.25) is 0 Å². The van der Waals surface area contributed by atoms with Gasteiger partial charge < -0.3 is 10.4 Å². The van der Waals surface area contributed by atoms with Crippen molar-refractivity contribution in [1.82, 2.24) is 15.1 Å². The minimum absolute atomic E-state index is 0.0752. The van der Waals surface area contributed by atoms with Crippen LogP contribution in [0.3, 0.4) is 0 Å². The van der Waals surface area contributed by atoms with Crippen molar-refractivity contribution in [2.45, 2.75) is 66.0 Å². The van der Waals surface area contributed by atoms with Crippen molar-refractivity contribution in [2.24, 2.45) is 5.92 Å². The molecule has 120 valence electrons. The first-order chi connectivity index (χ1) is 9.74. The minimum Gasteiger partial charge on any atom is -0.388 e. The molecule has 0 saturated heterocycles. The number of hydrogen-bond acceptors (Lipinski definition) is 3. The summed E-state index contributed by atoms with van der Waals surface area (Å²) in [5.74, 6) is -0.100. The molecule has 2 N–H and O–H groups in total. The fourth-order valence-electron chi connectivity index (χ4n) is 2.21. The van der Waals surface area contributed by atoms with Crippen molar-refractivity contribution in [2.75, 3.05) is 6.54 Å². The van der Waals surface area contributed by atoms with Crippen LogP contribution in [0.25, 0.3) is 0 Å². The second-order valence-electron chi connectivity index (χ2n) is 6.25. The zero-order valence-corrected chi connectivity index (χ0v) is 14.1. The van der Waals surface area contributed by atoms with Crippen LogP contribution >= 0.6 is 0 Å². The van der Waals surface area contributed by atoms with Crippen molar-refractivity contribution in [1.29, 1.82) is 0 Å². The summed E-state index contributed by atoms with van der Waals surface area (Å²) in [6.45, 7) is 12.0. The van der Waals surface area contributed by atoms with Crippen molar-refractivity contribution >= 4 is 5.91 Å². The molecule has 5 nitrogen and oxygen atoms in total. The molecule has 0 aromatic carbocycles. The molecule has 1 atom stereocenters. The molecule has 1 unspecified atom stereocenters. The fraction of sp³-hybridized carbons (Fsp3) is 0.750. The fourth-order valence-corrected chi connectivity index (χ4v) is 2.21. The Morgan fingerprint density at radius 2 is 2.00 bits per heavy atom. The van der Waals surface area contributed by atoms with Crippen LogP contribution in [0.1, 0.15) is 69.6 Å². The number of nitrogens with one attached hydrogen (secondary N) is 1. The standard InChI is InChI=1S/C16H29N3O2/c1-7-13(8-2)19-12(5)14(9-18-19)15(20)17-10-16(6,21)11(3)4/h9,11,13,21H,7-8,10H2,1-6H3,(H,17,20). The van der Waals surface area contributed by atoms with Crippen molar-refractivity contribution < 1.29 is 9.90 Å². The van der Waals surface area contributed by atoms with Gasteiger partial charge in [0.1, 0.15) is 0 Å². The van der Waals surface area contributed by atoms with Crippen LogP contribution < -0.4 is 5.32 Å². The van der Waals surface area contributed by atoms with E-state index in [1.165, 1.54) is 0 Å². The van der Waals surface area contributed by atoms with Gasteiger partial charge in [-0.25, -0.2) is 0 Å². The zero-order valence-electron chi connectivity index (χ0n) is 14.1. The summed E-state index contributed by atoms with van der Waals surface area (Å²) in [4.78, 5) is 12.3. The number of rotatable bonds is 7. The van der Waals surface area contributed by atoms with E-state index in [-0.39, 0.29) is 18.4 Å². The normalized spacial score (nSPS) is 14.5. The van der Waals surface area contributed by atoms with Gasteiger partial charge in [-0.2, -0.15) is 5.10 Å². The van der Waals surface area contributed by atoms with E-state index in [1.807, 2.05) is 25.5 Å². The Balaban J connectivity index is 2.81. The lowest BCUT2D eigenvalue weighted by Gasteiger charge is -2.27. The Morgan fingerprint density at radius 1 is 1.43 bits per heavy atom. The smallest absolute Gasteiger partial charge is 0.254 e. The molecular formula is C16H29N3O2. The second-order valence-corrected chi connectivity index (χ2v) is 6.25. The van der Waals surface area contributed by atoms with Crippen LogP contribution in [0.15, 0.2) is 6.20 Å². The Kier molecular flexibility index (Phi) is 5.96. The number of carbonyl (C=O) groups excluding carboxylic acids is 1. The maximum Gasteiger partial charge on any atom is 0.254 e. The molecule has 5 heteroatoms. The maximum absolute atomic E-state index is 12.3. The summed E-state index contributed by atoms with van der Waals surface area (Å²) in [5, 5.41) is 17.3. The zero-order chi connectivity index (χ0) is 16.2. The number of nitrogens with zero attached hydrogens (tertiary/aromatic N) is 2. The van der Waals surface area contributed by atoms with E-state index in [2.05, 4.69) is 24.3 Å². The van der Waals surface area contributed by atoms with Gasteiger partial charge in [-0.1, -0.05) is 27.7 Å². The van der Waals surface area contributed by atoms with Gasteiger partial charge in [-0.3, -0.25) is 9.48 Å². The van der Waals surface area contributed by atoms with E-state index in [4.69, 9.17) is 0 Å². The first-order valence-corrected chi connectivity index (χ1v) is 7.79. The van der Waals surface area contributed by atoms with E-state index in [9.17, 15) is 9.90 Å². The molecule has 0 aliphatic rings. The molecule has 1 aromatic rings. The molecule has 0 saturated carbocycles. The van der Waals surface area contributed by atoms with Crippen molar-refractivity contribution in [3.05, 3.63) is 17.5 Å². The lowest BCUT2D eigenvalue weighted by molar-refractivity contribution is 0.0142. The highest BCUT2D eigenvalue weighted by atomic mass is 16.3. The Bertz CT molecular complexity index is 474. The maximum atomic E-state index is 12.3. The summed E-state index contributed by atoms with van der Waals surface area (Å²) in [7, 11) is 0. The predicted molar refractivity (Wildman–Crippen MR) is 84.4 cm³/mol. The third-order valence-electron chi connectivity index (χ3n) is 4.43. The van der Waals surface area contributed by atoms with Gasteiger partial charge >= 0.3 is 0 Å². The highest BCUT2D eigenvalue weighted by Gasteiger charge is 2.26. The van der Waals surface area contributed by atoms with Crippen molar-refractivity contribution in [3.8, 4) is 0 Å². The number of hydrogen-bond donors (Lipinski definition) is 2. The molecule has 1 amide bonds. The molecule has 1 heterocycles. The topological polar surface area (TPSA) is 67.2 Å². The van der Waals surface area contributed by atoms with Gasteiger partial charge in [0, 0.05) is 12.2 Å². The Labute approximate surface area is 127 Å². The molecule has 1 rings (SSSR count). The highest BCUT2D eigenvalue weighted by molar-refractivity contribution is 5.95. The van der Waals surface area contributed by atoms with E-state index >= 15 is 0 Å². The lowest BCUT2D eigenvalue weighted by atomic mass is 9.92. The Hall–Kier alpha value is -1.36. The van der Waals surface area contributed by atoms with Crippen LogP contribution in [0.4, 0.5) is 0 Å². The lowest BCUT2D eigenvalue weighted by Crippen LogP contribution is -2.44. The average molecular weight is 295 g/mol. The number of amides is 1. The number of carbonyl (C=O) groups is 1. The summed E-state index contributed by atoms with van der Waals surface area (Å²) >= 11 is 0. The third kappa shape index (κ3) is 4.06. The molecule has 21 heavy (non-hydrogen) atoms. The predicted octanol–water partition coefficient (Wildman–Crippen LogP) is 2.69. The minimum atomic E-state index is -0.908. The van der Waals surface area contributed by atoms with Crippen LogP contribution in [0, 0.1) is 12.8 Å². The SMILES string of the molecule is CCC(CC)n1ncc(C(=O)NCC(C)(O)C(C)C)c1C. The van der Waals surface area contributed by atoms with Gasteiger partial charge in [0.05, 0.1) is 23.4 Å². The monoisotopic (exact) mass is 295 g/mol. The first kappa shape index (κ1) is 17.7. The summed E-state index contributed by atoms with van der Waals surface area (Å²) in [6.07, 6.45) is 3.59. The molecular weight excluding hydrogens is 266 g/mol. The molecule has 1 aromatic heterocycles. The van der Waals surface area contributed by atoms with Gasteiger partial charge in [0.25, 0.3) is 5.91 Å². The van der Waals surface area contributed by atoms with Crippen LogP contribution in [0.5, 0.6) is 0 Å². The summed E-state index contributed by atoms with van der Waals surface area (Å²) in [5.41, 5.74) is 0.557. The molecule has 0 spiro atoms. The summed E-state index contributed by atoms with van der Waals surface area (Å²) < 4.78 is 1.93. The van der Waals surface area contributed by atoms with E-state index in [0.29, 0.717) is 11.6 Å². The second kappa shape index (κ2) is 7.07. The van der Waals surface area contributed by atoms with E-state index in [0.717, 1.165) is 18.5 Å².